The van der Waals surface area contributed by atoms with E-state index in [9.17, 15) is 25.2 Å². The van der Waals surface area contributed by atoms with E-state index in [4.69, 9.17) is 18.9 Å². The molecule has 0 amide bonds. The highest BCUT2D eigenvalue weighted by molar-refractivity contribution is 5.73. The molecule has 10 atom stereocenters. The van der Waals surface area contributed by atoms with Gasteiger partial charge in [-0.05, 0) is 38.1 Å². The minimum Gasteiger partial charge on any atom is -0.493 e. The Balaban J connectivity index is 1.39. The van der Waals surface area contributed by atoms with Gasteiger partial charge in [0.2, 0.25) is 0 Å². The zero-order valence-electron chi connectivity index (χ0n) is 18.9. The number of ether oxygens (including phenoxy) is 4. The van der Waals surface area contributed by atoms with E-state index in [1.807, 2.05) is 12.1 Å². The maximum atomic E-state index is 11.5. The fraction of sp³-hybridized carbons (Fsp3) is 0.625. The van der Waals surface area contributed by atoms with Crippen molar-refractivity contribution in [3.8, 4) is 11.5 Å². The molecule has 5 aliphatic rings. The van der Waals surface area contributed by atoms with Gasteiger partial charge in [-0.2, -0.15) is 0 Å². The van der Waals surface area contributed by atoms with Crippen molar-refractivity contribution >= 4 is 5.97 Å². The third kappa shape index (κ3) is 2.81. The number of aliphatic hydroxyl groups is 3. The molecular formula is C24H29NO9. The number of aliphatic carboxylic acids is 1. The first-order valence-corrected chi connectivity index (χ1v) is 11.6. The van der Waals surface area contributed by atoms with Crippen molar-refractivity contribution in [3.63, 3.8) is 0 Å². The number of hydrogen-bond donors (Lipinski definition) is 4. The molecule has 2 bridgehead atoms. The molecule has 0 radical (unpaired) electrons. The van der Waals surface area contributed by atoms with Gasteiger partial charge in [0.1, 0.15) is 30.5 Å². The first kappa shape index (κ1) is 22.3. The van der Waals surface area contributed by atoms with E-state index in [1.54, 1.807) is 7.11 Å². The molecule has 10 nitrogen and oxygen atoms in total. The van der Waals surface area contributed by atoms with Crippen molar-refractivity contribution in [3.05, 3.63) is 35.4 Å². The number of likely N-dealkylation sites (N-methyl/N-ethyl adjacent to an activating group) is 1. The van der Waals surface area contributed by atoms with Gasteiger partial charge in [0.15, 0.2) is 23.9 Å². The van der Waals surface area contributed by atoms with E-state index in [2.05, 4.69) is 24.1 Å². The Labute approximate surface area is 196 Å². The summed E-state index contributed by atoms with van der Waals surface area (Å²) in [6.45, 7) is 0.881. The number of benzene rings is 1. The standard InChI is InChI=1S/C24H29NO9/c1-25-8-7-24-11-4-6-14(32-23-18(28)16(26)17(27)20(34-23)22(29)30)21(24)33-19-13(31-2)5-3-10(15(19)24)9-12(11)25/h3-6,11-12,14,16-18,20-21,23,26-28H,7-9H2,1-2H3,(H,29,30)/t11-,12+,14?,16-,17-,18+,20-,21-,23+,24-/m0/s1. The summed E-state index contributed by atoms with van der Waals surface area (Å²) in [4.78, 5) is 13.9. The van der Waals surface area contributed by atoms with Gasteiger partial charge >= 0.3 is 5.97 Å². The fourth-order valence-electron chi connectivity index (χ4n) is 6.81. The maximum absolute atomic E-state index is 11.5. The van der Waals surface area contributed by atoms with Crippen LogP contribution in [0.4, 0.5) is 0 Å². The number of hydrogen-bond acceptors (Lipinski definition) is 9. The van der Waals surface area contributed by atoms with E-state index in [0.717, 1.165) is 24.9 Å². The predicted molar refractivity (Wildman–Crippen MR) is 116 cm³/mol. The van der Waals surface area contributed by atoms with Gasteiger partial charge in [-0.15, -0.1) is 0 Å². The largest absolute Gasteiger partial charge is 0.493 e. The molecule has 1 aromatic carbocycles. The van der Waals surface area contributed by atoms with Crippen molar-refractivity contribution in [2.75, 3.05) is 20.7 Å². The summed E-state index contributed by atoms with van der Waals surface area (Å²) in [5, 5.41) is 40.1. The Morgan fingerprint density at radius 3 is 2.71 bits per heavy atom. The molecule has 2 saturated heterocycles. The van der Waals surface area contributed by atoms with Crippen LogP contribution in [0.15, 0.2) is 24.3 Å². The molecule has 3 aliphatic heterocycles. The highest BCUT2D eigenvalue weighted by atomic mass is 16.7. The van der Waals surface area contributed by atoms with Crippen LogP contribution in [0.2, 0.25) is 0 Å². The number of piperidine rings is 1. The lowest BCUT2D eigenvalue weighted by atomic mass is 9.53. The number of carboxylic acids is 1. The Kier molecular flexibility index (Phi) is 5.01. The van der Waals surface area contributed by atoms with Crippen LogP contribution in [0, 0.1) is 5.92 Å². The van der Waals surface area contributed by atoms with E-state index >= 15 is 0 Å². The number of likely N-dealkylation sites (tertiary alicyclic amines) is 1. The van der Waals surface area contributed by atoms with Crippen LogP contribution in [0.3, 0.4) is 0 Å². The maximum Gasteiger partial charge on any atom is 0.335 e. The van der Waals surface area contributed by atoms with E-state index in [-0.39, 0.29) is 11.3 Å². The lowest BCUT2D eigenvalue weighted by Crippen LogP contribution is -2.66. The van der Waals surface area contributed by atoms with Gasteiger partial charge < -0.3 is 44.3 Å². The summed E-state index contributed by atoms with van der Waals surface area (Å²) in [6.07, 6.45) is -3.69. The van der Waals surface area contributed by atoms with E-state index < -0.39 is 48.9 Å². The lowest BCUT2D eigenvalue weighted by molar-refractivity contribution is -0.307. The van der Waals surface area contributed by atoms with Gasteiger partial charge in [0.05, 0.1) is 7.11 Å². The Hall–Kier alpha value is -2.21. The second-order valence-electron chi connectivity index (χ2n) is 9.96. The van der Waals surface area contributed by atoms with Crippen molar-refractivity contribution in [2.24, 2.45) is 5.92 Å². The molecule has 10 heteroatoms. The highest BCUT2D eigenvalue weighted by Gasteiger charge is 2.65. The molecule has 4 N–H and O–H groups in total. The molecule has 0 saturated carbocycles. The SMILES string of the molecule is COc1ccc2c3c1O[C@H]1C(O[C@@H]4O[C@H](C(=O)O)[C@@H](O)[C@H](O)[C@H]4O)C=C[C@H]4[C@@H](C2)N(C)CC[C@]314. The van der Waals surface area contributed by atoms with Crippen LogP contribution in [-0.2, 0) is 26.1 Å². The van der Waals surface area contributed by atoms with Gasteiger partial charge in [0.25, 0.3) is 0 Å². The third-order valence-electron chi connectivity index (χ3n) is 8.44. The number of methoxy groups -OCH3 is 1. The summed E-state index contributed by atoms with van der Waals surface area (Å²) >= 11 is 0. The second-order valence-corrected chi connectivity index (χ2v) is 9.96. The smallest absolute Gasteiger partial charge is 0.335 e. The van der Waals surface area contributed by atoms with Crippen LogP contribution in [0.5, 0.6) is 11.5 Å². The zero-order chi connectivity index (χ0) is 23.9. The quantitative estimate of drug-likeness (QED) is 0.418. The second kappa shape index (κ2) is 7.64. The molecular weight excluding hydrogens is 446 g/mol. The molecule has 6 rings (SSSR count). The summed E-state index contributed by atoms with van der Waals surface area (Å²) in [6, 6.07) is 4.32. The van der Waals surface area contributed by atoms with E-state index in [1.165, 1.54) is 5.56 Å². The van der Waals surface area contributed by atoms with Crippen LogP contribution < -0.4 is 9.47 Å². The lowest BCUT2D eigenvalue weighted by Gasteiger charge is -2.57. The summed E-state index contributed by atoms with van der Waals surface area (Å²) < 4.78 is 23.7. The molecule has 2 aliphatic carbocycles. The average Bonchev–Trinajstić information content (AvgIpc) is 3.17. The minimum atomic E-state index is -1.77. The van der Waals surface area contributed by atoms with Crippen LogP contribution in [-0.4, -0.2) is 101 Å². The molecule has 0 aromatic heterocycles. The molecule has 1 spiro atoms. The van der Waals surface area contributed by atoms with Crippen molar-refractivity contribution in [1.29, 1.82) is 0 Å². The normalized spacial score (nSPS) is 44.3. The van der Waals surface area contributed by atoms with Gasteiger partial charge in [-0.1, -0.05) is 18.2 Å². The number of carbonyl (C=O) groups is 1. The van der Waals surface area contributed by atoms with Gasteiger partial charge in [-0.25, -0.2) is 4.79 Å². The molecule has 2 fully saturated rings. The number of nitrogens with zero attached hydrogens (tertiary/aromatic N) is 1. The predicted octanol–water partition coefficient (Wildman–Crippen LogP) is -0.582. The number of carboxylic acid groups (broad SMARTS) is 1. The topological polar surface area (TPSA) is 138 Å². The molecule has 34 heavy (non-hydrogen) atoms. The summed E-state index contributed by atoms with van der Waals surface area (Å²) in [5.41, 5.74) is 2.00. The monoisotopic (exact) mass is 475 g/mol. The molecule has 3 heterocycles. The number of rotatable bonds is 4. The summed E-state index contributed by atoms with van der Waals surface area (Å²) in [5.74, 6) is 0.0951. The Morgan fingerprint density at radius 1 is 1.18 bits per heavy atom. The summed E-state index contributed by atoms with van der Waals surface area (Å²) in [7, 11) is 3.75. The van der Waals surface area contributed by atoms with Crippen LogP contribution in [0.25, 0.3) is 0 Å². The van der Waals surface area contributed by atoms with E-state index in [0.29, 0.717) is 17.5 Å². The van der Waals surface area contributed by atoms with Crippen molar-refractivity contribution < 1.29 is 44.2 Å². The Bertz CT molecular complexity index is 1050. The van der Waals surface area contributed by atoms with Gasteiger partial charge in [-0.3, -0.25) is 0 Å². The highest BCUT2D eigenvalue weighted by Crippen LogP contribution is 2.62. The first-order chi connectivity index (χ1) is 16.3. The van der Waals surface area contributed by atoms with Crippen LogP contribution in [0.1, 0.15) is 17.5 Å². The molecule has 1 unspecified atom stereocenters. The van der Waals surface area contributed by atoms with Gasteiger partial charge in [0, 0.05) is 22.9 Å². The van der Waals surface area contributed by atoms with Crippen molar-refractivity contribution in [2.45, 2.75) is 67.2 Å². The average molecular weight is 475 g/mol. The molecule has 184 valence electrons. The Morgan fingerprint density at radius 2 is 1.97 bits per heavy atom. The zero-order valence-corrected chi connectivity index (χ0v) is 18.9. The molecule has 1 aromatic rings. The van der Waals surface area contributed by atoms with Crippen LogP contribution >= 0.6 is 0 Å². The van der Waals surface area contributed by atoms with Crippen molar-refractivity contribution in [1.82, 2.24) is 4.90 Å². The third-order valence-corrected chi connectivity index (χ3v) is 8.44. The fourth-order valence-corrected chi connectivity index (χ4v) is 6.81. The number of aliphatic hydroxyl groups excluding tert-OH is 3. The minimum absolute atomic E-state index is 0.188. The first-order valence-electron chi connectivity index (χ1n) is 11.6.